The van der Waals surface area contributed by atoms with Crippen LogP contribution in [0.4, 0.5) is 5.69 Å². The summed E-state index contributed by atoms with van der Waals surface area (Å²) in [4.78, 5) is 23.4. The van der Waals surface area contributed by atoms with Crippen LogP contribution in [-0.4, -0.2) is 11.7 Å². The number of amides is 1. The Kier molecular flexibility index (Phi) is 5.55. The molecular formula is C23H23NO3. The number of aryl methyl sites for hydroxylation is 3. The molecule has 0 saturated heterocycles. The predicted molar refractivity (Wildman–Crippen MR) is 107 cm³/mol. The Hall–Kier alpha value is -3.14. The van der Waals surface area contributed by atoms with Crippen molar-refractivity contribution in [2.24, 2.45) is 0 Å². The predicted octanol–water partition coefficient (Wildman–Crippen LogP) is 5.34. The van der Waals surface area contributed by atoms with Gasteiger partial charge in [0.25, 0.3) is 0 Å². The fourth-order valence-corrected chi connectivity index (χ4v) is 2.81. The number of hydrogen-bond acceptors (Lipinski definition) is 3. The van der Waals surface area contributed by atoms with Crippen molar-refractivity contribution in [1.82, 2.24) is 0 Å². The Morgan fingerprint density at radius 3 is 2.33 bits per heavy atom. The summed E-state index contributed by atoms with van der Waals surface area (Å²) in [5.74, 6) is 1.51. The highest BCUT2D eigenvalue weighted by Crippen LogP contribution is 2.25. The molecule has 0 aliphatic heterocycles. The average Bonchev–Trinajstić information content (AvgIpc) is 3.12. The van der Waals surface area contributed by atoms with Crippen molar-refractivity contribution in [3.8, 4) is 11.3 Å². The minimum absolute atomic E-state index is 0.00488. The quantitative estimate of drug-likeness (QED) is 0.603. The van der Waals surface area contributed by atoms with Gasteiger partial charge in [0.2, 0.25) is 5.91 Å². The van der Waals surface area contributed by atoms with Gasteiger partial charge in [0.1, 0.15) is 11.5 Å². The molecule has 1 aromatic heterocycles. The van der Waals surface area contributed by atoms with Crippen LogP contribution < -0.4 is 5.32 Å². The molecule has 4 heteroatoms. The molecule has 0 aliphatic rings. The lowest BCUT2D eigenvalue weighted by atomic mass is 10.1. The number of rotatable bonds is 6. The van der Waals surface area contributed by atoms with Crippen LogP contribution in [0.2, 0.25) is 0 Å². The Labute approximate surface area is 159 Å². The van der Waals surface area contributed by atoms with Gasteiger partial charge in [-0.1, -0.05) is 12.1 Å². The normalized spacial score (nSPS) is 10.6. The molecule has 0 atom stereocenters. The number of benzene rings is 2. The highest BCUT2D eigenvalue weighted by atomic mass is 16.3. The molecule has 1 heterocycles. The summed E-state index contributed by atoms with van der Waals surface area (Å²) in [6.07, 6.45) is 0.858. The largest absolute Gasteiger partial charge is 0.461 e. The third-order valence-corrected chi connectivity index (χ3v) is 4.63. The summed E-state index contributed by atoms with van der Waals surface area (Å²) in [5, 5.41) is 2.84. The van der Waals surface area contributed by atoms with E-state index in [2.05, 4.69) is 31.3 Å². The zero-order valence-corrected chi connectivity index (χ0v) is 15.8. The minimum atomic E-state index is -0.0882. The average molecular weight is 361 g/mol. The molecule has 1 N–H and O–H groups in total. The summed E-state index contributed by atoms with van der Waals surface area (Å²) in [5.41, 5.74) is 4.82. The second kappa shape index (κ2) is 8.04. The summed E-state index contributed by atoms with van der Waals surface area (Å²) in [6, 6.07) is 17.0. The van der Waals surface area contributed by atoms with Crippen molar-refractivity contribution in [2.45, 2.75) is 33.6 Å². The first-order valence-corrected chi connectivity index (χ1v) is 8.99. The van der Waals surface area contributed by atoms with E-state index in [1.165, 1.54) is 18.1 Å². The SMILES string of the molecule is CC(=O)c1ccc(NC(=O)CCc2ccc(-c3ccc(C)c(C)c3)o2)cc1. The number of carbonyl (C=O) groups excluding carboxylic acids is 2. The fourth-order valence-electron chi connectivity index (χ4n) is 2.81. The van der Waals surface area contributed by atoms with Gasteiger partial charge < -0.3 is 9.73 Å². The topological polar surface area (TPSA) is 59.3 Å². The zero-order chi connectivity index (χ0) is 19.4. The van der Waals surface area contributed by atoms with Gasteiger partial charge in [-0.25, -0.2) is 0 Å². The molecule has 27 heavy (non-hydrogen) atoms. The summed E-state index contributed by atoms with van der Waals surface area (Å²) < 4.78 is 5.89. The number of carbonyl (C=O) groups is 2. The van der Waals surface area contributed by atoms with E-state index in [0.717, 1.165) is 17.1 Å². The summed E-state index contributed by atoms with van der Waals surface area (Å²) in [6.45, 7) is 5.68. The number of furan rings is 1. The van der Waals surface area contributed by atoms with Gasteiger partial charge in [0.15, 0.2) is 5.78 Å². The Bertz CT molecular complexity index is 968. The van der Waals surface area contributed by atoms with Crippen molar-refractivity contribution < 1.29 is 14.0 Å². The van der Waals surface area contributed by atoms with E-state index < -0.39 is 0 Å². The number of Topliss-reactive ketones (excluding diaryl/α,β-unsaturated/α-hetero) is 1. The molecule has 138 valence electrons. The van der Waals surface area contributed by atoms with Crippen LogP contribution in [0.15, 0.2) is 59.0 Å². The number of ketones is 1. The van der Waals surface area contributed by atoms with Gasteiger partial charge in [-0.2, -0.15) is 0 Å². The van der Waals surface area contributed by atoms with Gasteiger partial charge in [0.05, 0.1) is 0 Å². The zero-order valence-electron chi connectivity index (χ0n) is 15.8. The molecular weight excluding hydrogens is 338 g/mol. The fraction of sp³-hybridized carbons (Fsp3) is 0.217. The molecule has 0 radical (unpaired) electrons. The molecule has 0 unspecified atom stereocenters. The Balaban J connectivity index is 1.57. The molecule has 0 saturated carbocycles. The Morgan fingerprint density at radius 2 is 1.67 bits per heavy atom. The summed E-state index contributed by atoms with van der Waals surface area (Å²) >= 11 is 0. The van der Waals surface area contributed by atoms with Gasteiger partial charge in [-0.3, -0.25) is 9.59 Å². The number of nitrogens with one attached hydrogen (secondary N) is 1. The number of anilines is 1. The van der Waals surface area contributed by atoms with E-state index in [1.807, 2.05) is 18.2 Å². The van der Waals surface area contributed by atoms with E-state index in [1.54, 1.807) is 24.3 Å². The third kappa shape index (κ3) is 4.73. The third-order valence-electron chi connectivity index (χ3n) is 4.63. The van der Waals surface area contributed by atoms with E-state index >= 15 is 0 Å². The lowest BCUT2D eigenvalue weighted by molar-refractivity contribution is -0.116. The van der Waals surface area contributed by atoms with E-state index in [9.17, 15) is 9.59 Å². The maximum atomic E-state index is 12.1. The van der Waals surface area contributed by atoms with Gasteiger partial charge in [-0.05, 0) is 74.4 Å². The first-order valence-electron chi connectivity index (χ1n) is 8.99. The van der Waals surface area contributed by atoms with Crippen LogP contribution >= 0.6 is 0 Å². The summed E-state index contributed by atoms with van der Waals surface area (Å²) in [7, 11) is 0. The second-order valence-electron chi connectivity index (χ2n) is 6.75. The standard InChI is InChI=1S/C23H23NO3/c1-15-4-5-19(14-16(15)2)22-12-10-21(27-22)11-13-23(26)24-20-8-6-18(7-9-20)17(3)25/h4-10,12,14H,11,13H2,1-3H3,(H,24,26). The van der Waals surface area contributed by atoms with E-state index in [4.69, 9.17) is 4.42 Å². The molecule has 1 amide bonds. The Morgan fingerprint density at radius 1 is 0.926 bits per heavy atom. The van der Waals surface area contributed by atoms with Crippen molar-refractivity contribution >= 4 is 17.4 Å². The highest BCUT2D eigenvalue weighted by Gasteiger charge is 2.09. The first kappa shape index (κ1) is 18.6. The van der Waals surface area contributed by atoms with Crippen LogP contribution in [0.5, 0.6) is 0 Å². The molecule has 0 fully saturated rings. The van der Waals surface area contributed by atoms with Crippen LogP contribution in [-0.2, 0) is 11.2 Å². The number of hydrogen-bond donors (Lipinski definition) is 1. The van der Waals surface area contributed by atoms with Crippen LogP contribution in [0.25, 0.3) is 11.3 Å². The van der Waals surface area contributed by atoms with Crippen molar-refractivity contribution in [3.05, 3.63) is 77.0 Å². The molecule has 0 aliphatic carbocycles. The molecule has 3 aromatic rings. The van der Waals surface area contributed by atoms with Gasteiger partial charge in [-0.15, -0.1) is 0 Å². The van der Waals surface area contributed by atoms with Crippen molar-refractivity contribution in [3.63, 3.8) is 0 Å². The molecule has 0 bridgehead atoms. The van der Waals surface area contributed by atoms with Gasteiger partial charge >= 0.3 is 0 Å². The van der Waals surface area contributed by atoms with Crippen LogP contribution in [0.1, 0.15) is 40.6 Å². The van der Waals surface area contributed by atoms with Gasteiger partial charge in [0, 0.05) is 29.7 Å². The molecule has 0 spiro atoms. The van der Waals surface area contributed by atoms with E-state index in [0.29, 0.717) is 24.1 Å². The monoisotopic (exact) mass is 361 g/mol. The van der Waals surface area contributed by atoms with Crippen molar-refractivity contribution in [1.29, 1.82) is 0 Å². The maximum Gasteiger partial charge on any atom is 0.224 e. The lowest BCUT2D eigenvalue weighted by Gasteiger charge is -2.05. The van der Waals surface area contributed by atoms with Crippen molar-refractivity contribution in [2.75, 3.05) is 5.32 Å². The van der Waals surface area contributed by atoms with Crippen LogP contribution in [0, 0.1) is 13.8 Å². The first-order chi connectivity index (χ1) is 12.9. The second-order valence-corrected chi connectivity index (χ2v) is 6.75. The van der Waals surface area contributed by atoms with Crippen LogP contribution in [0.3, 0.4) is 0 Å². The molecule has 2 aromatic carbocycles. The smallest absolute Gasteiger partial charge is 0.224 e. The molecule has 3 rings (SSSR count). The minimum Gasteiger partial charge on any atom is -0.461 e. The maximum absolute atomic E-state index is 12.1. The molecule has 4 nitrogen and oxygen atoms in total. The van der Waals surface area contributed by atoms with E-state index in [-0.39, 0.29) is 11.7 Å². The lowest BCUT2D eigenvalue weighted by Crippen LogP contribution is -2.12. The highest BCUT2D eigenvalue weighted by molar-refractivity contribution is 5.95.